The van der Waals surface area contributed by atoms with Crippen molar-refractivity contribution in [3.63, 3.8) is 0 Å². The number of benzene rings is 1. The summed E-state index contributed by atoms with van der Waals surface area (Å²) in [5.41, 5.74) is 7.42. The number of nitrogens with zero attached hydrogens (tertiary/aromatic N) is 2. The summed E-state index contributed by atoms with van der Waals surface area (Å²) in [5.74, 6) is -0.257. The van der Waals surface area contributed by atoms with Crippen molar-refractivity contribution in [2.24, 2.45) is 0 Å². The monoisotopic (exact) mass is 277 g/mol. The van der Waals surface area contributed by atoms with Gasteiger partial charge in [0.25, 0.3) is 0 Å². The first-order valence-electron chi connectivity index (χ1n) is 5.16. The second kappa shape index (κ2) is 4.47. The number of thiazole rings is 2. The average Bonchev–Trinajstić information content (AvgIpc) is 2.98. The van der Waals surface area contributed by atoms with E-state index in [2.05, 4.69) is 9.97 Å². The Hall–Kier alpha value is -1.79. The van der Waals surface area contributed by atoms with Crippen LogP contribution in [-0.4, -0.2) is 9.97 Å². The molecule has 0 bridgehead atoms. The highest BCUT2D eigenvalue weighted by atomic mass is 32.1. The number of aromatic nitrogens is 2. The van der Waals surface area contributed by atoms with Gasteiger partial charge in [0.1, 0.15) is 16.5 Å². The summed E-state index contributed by atoms with van der Waals surface area (Å²) in [6.07, 6.45) is 1.73. The lowest BCUT2D eigenvalue weighted by Gasteiger charge is -1.99. The zero-order valence-electron chi connectivity index (χ0n) is 9.13. The lowest BCUT2D eigenvalue weighted by molar-refractivity contribution is 0.628. The molecular formula is C12H8FN3S2. The van der Waals surface area contributed by atoms with E-state index in [1.807, 2.05) is 5.38 Å². The van der Waals surface area contributed by atoms with Gasteiger partial charge in [0.15, 0.2) is 5.13 Å². The van der Waals surface area contributed by atoms with Gasteiger partial charge in [0, 0.05) is 11.6 Å². The molecule has 0 aliphatic rings. The fraction of sp³-hybridized carbons (Fsp3) is 0. The van der Waals surface area contributed by atoms with Gasteiger partial charge in [0.05, 0.1) is 4.88 Å². The molecule has 3 aromatic rings. The van der Waals surface area contributed by atoms with E-state index in [4.69, 9.17) is 5.73 Å². The second-order valence-corrected chi connectivity index (χ2v) is 5.50. The molecular weight excluding hydrogens is 269 g/mol. The van der Waals surface area contributed by atoms with Gasteiger partial charge in [-0.2, -0.15) is 0 Å². The first-order chi connectivity index (χ1) is 8.74. The molecule has 0 amide bonds. The first-order valence-corrected chi connectivity index (χ1v) is 6.86. The fourth-order valence-electron chi connectivity index (χ4n) is 1.62. The van der Waals surface area contributed by atoms with Crippen LogP contribution in [0.25, 0.3) is 21.1 Å². The molecule has 0 radical (unpaired) electrons. The van der Waals surface area contributed by atoms with Crippen LogP contribution < -0.4 is 5.73 Å². The highest BCUT2D eigenvalue weighted by Gasteiger charge is 2.15. The van der Waals surface area contributed by atoms with Gasteiger partial charge in [-0.15, -0.1) is 11.3 Å². The summed E-state index contributed by atoms with van der Waals surface area (Å²) in [5, 5.41) is 3.20. The van der Waals surface area contributed by atoms with Crippen molar-refractivity contribution in [2.45, 2.75) is 0 Å². The van der Waals surface area contributed by atoms with E-state index in [1.54, 1.807) is 18.3 Å². The number of hydrogen-bond acceptors (Lipinski definition) is 5. The first kappa shape index (κ1) is 11.3. The van der Waals surface area contributed by atoms with E-state index in [0.717, 1.165) is 21.1 Å². The average molecular weight is 277 g/mol. The molecule has 2 N–H and O–H groups in total. The lowest BCUT2D eigenvalue weighted by atomic mass is 10.1. The number of nitrogen functional groups attached to an aromatic ring is 1. The van der Waals surface area contributed by atoms with Crippen molar-refractivity contribution >= 4 is 27.8 Å². The standard InChI is InChI=1S/C12H8FN3S2/c13-8-3-1-7(2-4-8)10-9(16-12(14)18-10)11-15-5-6-17-11/h1-6H,(H2,14,16). The molecule has 2 aromatic heterocycles. The van der Waals surface area contributed by atoms with Crippen LogP contribution in [-0.2, 0) is 0 Å². The van der Waals surface area contributed by atoms with Crippen LogP contribution in [0.5, 0.6) is 0 Å². The minimum atomic E-state index is -0.257. The minimum absolute atomic E-state index is 0.257. The molecule has 2 heterocycles. The maximum absolute atomic E-state index is 12.9. The minimum Gasteiger partial charge on any atom is -0.375 e. The smallest absolute Gasteiger partial charge is 0.181 e. The highest BCUT2D eigenvalue weighted by Crippen LogP contribution is 2.38. The van der Waals surface area contributed by atoms with Gasteiger partial charge in [-0.25, -0.2) is 14.4 Å². The largest absolute Gasteiger partial charge is 0.375 e. The van der Waals surface area contributed by atoms with E-state index in [9.17, 15) is 4.39 Å². The highest BCUT2D eigenvalue weighted by molar-refractivity contribution is 7.20. The van der Waals surface area contributed by atoms with Crippen LogP contribution >= 0.6 is 22.7 Å². The summed E-state index contributed by atoms with van der Waals surface area (Å²) in [6, 6.07) is 6.30. The summed E-state index contributed by atoms with van der Waals surface area (Å²) in [6.45, 7) is 0. The van der Waals surface area contributed by atoms with Gasteiger partial charge in [-0.05, 0) is 17.7 Å². The molecule has 1 aromatic carbocycles. The van der Waals surface area contributed by atoms with Crippen LogP contribution in [0.15, 0.2) is 35.8 Å². The van der Waals surface area contributed by atoms with Gasteiger partial charge in [0.2, 0.25) is 0 Å². The zero-order chi connectivity index (χ0) is 12.5. The Balaban J connectivity index is 2.15. The van der Waals surface area contributed by atoms with Crippen molar-refractivity contribution in [2.75, 3.05) is 5.73 Å². The molecule has 0 aliphatic heterocycles. The third-order valence-electron chi connectivity index (χ3n) is 2.39. The molecule has 3 rings (SSSR count). The molecule has 0 fully saturated rings. The Kier molecular flexibility index (Phi) is 2.81. The van der Waals surface area contributed by atoms with E-state index >= 15 is 0 Å². The third kappa shape index (κ3) is 2.00. The summed E-state index contributed by atoms with van der Waals surface area (Å²) < 4.78 is 12.9. The molecule has 18 heavy (non-hydrogen) atoms. The molecule has 0 saturated carbocycles. The predicted molar refractivity (Wildman–Crippen MR) is 73.0 cm³/mol. The van der Waals surface area contributed by atoms with E-state index in [0.29, 0.717) is 5.13 Å². The van der Waals surface area contributed by atoms with Crippen LogP contribution in [0.2, 0.25) is 0 Å². The van der Waals surface area contributed by atoms with Gasteiger partial charge in [-0.1, -0.05) is 23.5 Å². The van der Waals surface area contributed by atoms with Crippen LogP contribution in [0.4, 0.5) is 9.52 Å². The van der Waals surface area contributed by atoms with Crippen LogP contribution in [0, 0.1) is 5.82 Å². The summed E-state index contributed by atoms with van der Waals surface area (Å²) in [7, 11) is 0. The second-order valence-electron chi connectivity index (χ2n) is 3.57. The Labute approximate surface area is 111 Å². The van der Waals surface area contributed by atoms with Crippen LogP contribution in [0.3, 0.4) is 0 Å². The topological polar surface area (TPSA) is 51.8 Å². The summed E-state index contributed by atoms with van der Waals surface area (Å²) in [4.78, 5) is 9.46. The molecule has 0 unspecified atom stereocenters. The number of nitrogens with two attached hydrogens (primary N) is 1. The van der Waals surface area contributed by atoms with Crippen LogP contribution in [0.1, 0.15) is 0 Å². The van der Waals surface area contributed by atoms with E-state index < -0.39 is 0 Å². The molecule has 6 heteroatoms. The predicted octanol–water partition coefficient (Wildman–Crippen LogP) is 3.65. The SMILES string of the molecule is Nc1nc(-c2nccs2)c(-c2ccc(F)cc2)s1. The quantitative estimate of drug-likeness (QED) is 0.777. The van der Waals surface area contributed by atoms with Crippen molar-refractivity contribution in [3.05, 3.63) is 41.7 Å². The van der Waals surface area contributed by atoms with Gasteiger partial charge < -0.3 is 5.73 Å². The third-order valence-corrected chi connectivity index (χ3v) is 4.10. The number of hydrogen-bond donors (Lipinski definition) is 1. The Morgan fingerprint density at radius 2 is 1.94 bits per heavy atom. The van der Waals surface area contributed by atoms with Crippen molar-refractivity contribution < 1.29 is 4.39 Å². The molecule has 0 spiro atoms. The molecule has 90 valence electrons. The Bertz CT molecular complexity index is 659. The molecule has 0 saturated heterocycles. The van der Waals surface area contributed by atoms with Gasteiger partial charge >= 0.3 is 0 Å². The maximum atomic E-state index is 12.9. The lowest BCUT2D eigenvalue weighted by Crippen LogP contribution is -1.83. The molecule has 0 aliphatic carbocycles. The Morgan fingerprint density at radius 3 is 2.61 bits per heavy atom. The molecule has 3 nitrogen and oxygen atoms in total. The summed E-state index contributed by atoms with van der Waals surface area (Å²) >= 11 is 2.89. The van der Waals surface area contributed by atoms with E-state index in [1.165, 1.54) is 34.8 Å². The van der Waals surface area contributed by atoms with Crippen molar-refractivity contribution in [1.82, 2.24) is 9.97 Å². The number of rotatable bonds is 2. The van der Waals surface area contributed by atoms with Crippen molar-refractivity contribution in [1.29, 1.82) is 0 Å². The van der Waals surface area contributed by atoms with Crippen molar-refractivity contribution in [3.8, 4) is 21.1 Å². The normalized spacial score (nSPS) is 10.7. The number of anilines is 1. The Morgan fingerprint density at radius 1 is 1.17 bits per heavy atom. The fourth-order valence-corrected chi connectivity index (χ4v) is 3.15. The van der Waals surface area contributed by atoms with E-state index in [-0.39, 0.29) is 5.82 Å². The maximum Gasteiger partial charge on any atom is 0.181 e. The number of halogens is 1. The molecule has 0 atom stereocenters. The van der Waals surface area contributed by atoms with Gasteiger partial charge in [-0.3, -0.25) is 0 Å². The zero-order valence-corrected chi connectivity index (χ0v) is 10.8.